The number of carbonyl (C=O) groups is 1. The third kappa shape index (κ3) is 3.02. The Morgan fingerprint density at radius 3 is 2.50 bits per heavy atom. The van der Waals surface area contributed by atoms with Crippen LogP contribution in [0.5, 0.6) is 17.2 Å². The number of fused-ring (bicyclic) bond motifs is 1. The summed E-state index contributed by atoms with van der Waals surface area (Å²) in [5.41, 5.74) is 2.03. The van der Waals surface area contributed by atoms with Crippen molar-refractivity contribution in [3.63, 3.8) is 0 Å². The molecule has 0 aliphatic carbocycles. The van der Waals surface area contributed by atoms with Gasteiger partial charge in [-0.15, -0.1) is 0 Å². The Morgan fingerprint density at radius 1 is 1.12 bits per heavy atom. The van der Waals surface area contributed by atoms with Crippen molar-refractivity contribution < 1.29 is 23.7 Å². The second-order valence-corrected chi connectivity index (χ2v) is 5.59. The summed E-state index contributed by atoms with van der Waals surface area (Å²) in [5.74, 6) is 1.64. The van der Waals surface area contributed by atoms with Crippen LogP contribution in [0.3, 0.4) is 0 Å². The van der Waals surface area contributed by atoms with Crippen LogP contribution >= 0.6 is 0 Å². The molecule has 0 unspecified atom stereocenters. The SMILES string of the molecule is COc1cc(OC)c2c(c1)O[C@@H](COC(C)=O)[C@@H]2c1ccccc1. The lowest BCUT2D eigenvalue weighted by Crippen LogP contribution is -2.27. The molecule has 2 aromatic carbocycles. The molecule has 0 aromatic heterocycles. The Kier molecular flexibility index (Phi) is 4.60. The van der Waals surface area contributed by atoms with Gasteiger partial charge in [0.25, 0.3) is 0 Å². The molecule has 2 atom stereocenters. The summed E-state index contributed by atoms with van der Waals surface area (Å²) in [6.07, 6.45) is -0.313. The van der Waals surface area contributed by atoms with Crippen LogP contribution in [0.4, 0.5) is 0 Å². The largest absolute Gasteiger partial charge is 0.496 e. The molecule has 3 rings (SSSR count). The molecule has 0 spiro atoms. The maximum absolute atomic E-state index is 11.2. The molecule has 5 heteroatoms. The van der Waals surface area contributed by atoms with Crippen molar-refractivity contribution in [1.29, 1.82) is 0 Å². The van der Waals surface area contributed by atoms with E-state index in [9.17, 15) is 4.79 Å². The number of methoxy groups -OCH3 is 2. The number of esters is 1. The van der Waals surface area contributed by atoms with Gasteiger partial charge in [0.2, 0.25) is 0 Å². The molecule has 1 aliphatic heterocycles. The van der Waals surface area contributed by atoms with Crippen LogP contribution < -0.4 is 14.2 Å². The van der Waals surface area contributed by atoms with Gasteiger partial charge in [-0.25, -0.2) is 0 Å². The highest BCUT2D eigenvalue weighted by molar-refractivity contribution is 5.66. The number of benzene rings is 2. The monoisotopic (exact) mass is 328 g/mol. The minimum Gasteiger partial charge on any atom is -0.496 e. The maximum atomic E-state index is 11.2. The molecule has 1 heterocycles. The molecule has 2 aromatic rings. The average molecular weight is 328 g/mol. The molecular weight excluding hydrogens is 308 g/mol. The number of hydrogen-bond donors (Lipinski definition) is 0. The Labute approximate surface area is 141 Å². The van der Waals surface area contributed by atoms with E-state index in [0.29, 0.717) is 17.2 Å². The molecule has 0 bridgehead atoms. The first-order chi connectivity index (χ1) is 11.6. The fourth-order valence-corrected chi connectivity index (χ4v) is 3.06. The highest BCUT2D eigenvalue weighted by Crippen LogP contribution is 2.49. The molecule has 0 saturated carbocycles. The summed E-state index contributed by atoms with van der Waals surface area (Å²) in [5, 5.41) is 0. The molecule has 126 valence electrons. The Balaban J connectivity index is 2.06. The minimum atomic E-state index is -0.328. The van der Waals surface area contributed by atoms with Crippen LogP contribution in [-0.4, -0.2) is 32.9 Å². The fourth-order valence-electron chi connectivity index (χ4n) is 3.06. The molecule has 0 fully saturated rings. The van der Waals surface area contributed by atoms with E-state index in [1.165, 1.54) is 6.92 Å². The van der Waals surface area contributed by atoms with Crippen molar-refractivity contribution in [1.82, 2.24) is 0 Å². The van der Waals surface area contributed by atoms with Crippen molar-refractivity contribution in [2.24, 2.45) is 0 Å². The van der Waals surface area contributed by atoms with Crippen molar-refractivity contribution in [2.45, 2.75) is 18.9 Å². The second-order valence-electron chi connectivity index (χ2n) is 5.59. The summed E-state index contributed by atoms with van der Waals surface area (Å²) in [6, 6.07) is 13.7. The van der Waals surface area contributed by atoms with Crippen molar-refractivity contribution in [2.75, 3.05) is 20.8 Å². The van der Waals surface area contributed by atoms with Crippen LogP contribution in [0.1, 0.15) is 24.0 Å². The lowest BCUT2D eigenvalue weighted by atomic mass is 9.87. The quantitative estimate of drug-likeness (QED) is 0.789. The number of ether oxygens (including phenoxy) is 4. The maximum Gasteiger partial charge on any atom is 0.302 e. The summed E-state index contributed by atoms with van der Waals surface area (Å²) in [7, 11) is 3.22. The van der Waals surface area contributed by atoms with Gasteiger partial charge in [0, 0.05) is 24.6 Å². The zero-order valence-electron chi connectivity index (χ0n) is 13.9. The zero-order valence-corrected chi connectivity index (χ0v) is 13.9. The summed E-state index contributed by atoms with van der Waals surface area (Å²) >= 11 is 0. The van der Waals surface area contributed by atoms with E-state index in [2.05, 4.69) is 0 Å². The van der Waals surface area contributed by atoms with E-state index >= 15 is 0 Å². The third-order valence-electron chi connectivity index (χ3n) is 4.10. The molecule has 1 aliphatic rings. The third-order valence-corrected chi connectivity index (χ3v) is 4.10. The predicted octanol–water partition coefficient (Wildman–Crippen LogP) is 3.16. The molecule has 0 N–H and O–H groups in total. The molecule has 0 amide bonds. The van der Waals surface area contributed by atoms with E-state index in [4.69, 9.17) is 18.9 Å². The second kappa shape index (κ2) is 6.83. The Bertz CT molecular complexity index is 726. The number of rotatable bonds is 5. The smallest absolute Gasteiger partial charge is 0.302 e. The number of hydrogen-bond acceptors (Lipinski definition) is 5. The first kappa shape index (κ1) is 16.2. The fraction of sp³-hybridized carbons (Fsp3) is 0.316. The van der Waals surface area contributed by atoms with Crippen LogP contribution in [0, 0.1) is 0 Å². The highest BCUT2D eigenvalue weighted by atomic mass is 16.6. The van der Waals surface area contributed by atoms with E-state index in [1.807, 2.05) is 42.5 Å². The average Bonchev–Trinajstić information content (AvgIpc) is 2.98. The first-order valence-corrected chi connectivity index (χ1v) is 7.75. The van der Waals surface area contributed by atoms with E-state index in [-0.39, 0.29) is 24.6 Å². The predicted molar refractivity (Wildman–Crippen MR) is 88.9 cm³/mol. The van der Waals surface area contributed by atoms with Gasteiger partial charge in [-0.05, 0) is 5.56 Å². The summed E-state index contributed by atoms with van der Waals surface area (Å²) in [6.45, 7) is 1.57. The van der Waals surface area contributed by atoms with Gasteiger partial charge in [-0.3, -0.25) is 4.79 Å². The molecule has 0 radical (unpaired) electrons. The molecule has 0 saturated heterocycles. The lowest BCUT2D eigenvalue weighted by Gasteiger charge is -2.20. The molecule has 24 heavy (non-hydrogen) atoms. The molecule has 5 nitrogen and oxygen atoms in total. The van der Waals surface area contributed by atoms with E-state index < -0.39 is 0 Å². The lowest BCUT2D eigenvalue weighted by molar-refractivity contribution is -0.143. The van der Waals surface area contributed by atoms with Crippen LogP contribution in [0.15, 0.2) is 42.5 Å². The summed E-state index contributed by atoms with van der Waals surface area (Å²) < 4.78 is 22.1. The summed E-state index contributed by atoms with van der Waals surface area (Å²) in [4.78, 5) is 11.2. The number of carbonyl (C=O) groups excluding carboxylic acids is 1. The Hall–Kier alpha value is -2.69. The zero-order chi connectivity index (χ0) is 17.1. The van der Waals surface area contributed by atoms with Gasteiger partial charge in [0.15, 0.2) is 0 Å². The van der Waals surface area contributed by atoms with Crippen molar-refractivity contribution in [3.05, 3.63) is 53.6 Å². The van der Waals surface area contributed by atoms with Gasteiger partial charge >= 0.3 is 5.97 Å². The van der Waals surface area contributed by atoms with Gasteiger partial charge in [0.05, 0.1) is 20.1 Å². The van der Waals surface area contributed by atoms with Crippen LogP contribution in [-0.2, 0) is 9.53 Å². The molecular formula is C19H20O5. The van der Waals surface area contributed by atoms with Crippen LogP contribution in [0.2, 0.25) is 0 Å². The highest BCUT2D eigenvalue weighted by Gasteiger charge is 2.39. The van der Waals surface area contributed by atoms with Crippen LogP contribution in [0.25, 0.3) is 0 Å². The standard InChI is InChI=1S/C19H20O5/c1-12(20)23-11-17-18(13-7-5-4-6-8-13)19-15(22-3)9-14(21-2)10-16(19)24-17/h4-10,17-18H,11H2,1-3H3/t17-,18-/m0/s1. The normalized spacial score (nSPS) is 18.5. The topological polar surface area (TPSA) is 54.0 Å². The van der Waals surface area contributed by atoms with Gasteiger partial charge in [-0.1, -0.05) is 30.3 Å². The van der Waals surface area contributed by atoms with E-state index in [1.54, 1.807) is 14.2 Å². The first-order valence-electron chi connectivity index (χ1n) is 7.75. The van der Waals surface area contributed by atoms with Gasteiger partial charge in [0.1, 0.15) is 30.0 Å². The minimum absolute atomic E-state index is 0.0820. The van der Waals surface area contributed by atoms with E-state index in [0.717, 1.165) is 11.1 Å². The van der Waals surface area contributed by atoms with Gasteiger partial charge in [-0.2, -0.15) is 0 Å². The van der Waals surface area contributed by atoms with Crippen molar-refractivity contribution in [3.8, 4) is 17.2 Å². The Morgan fingerprint density at radius 2 is 1.88 bits per heavy atom. The van der Waals surface area contributed by atoms with Crippen molar-refractivity contribution >= 4 is 5.97 Å². The van der Waals surface area contributed by atoms with Gasteiger partial charge < -0.3 is 18.9 Å².